The van der Waals surface area contributed by atoms with Gasteiger partial charge in [0.1, 0.15) is 11.3 Å². The molecule has 0 bridgehead atoms. The van der Waals surface area contributed by atoms with E-state index in [0.29, 0.717) is 36.6 Å². The number of nitrogens with zero attached hydrogens (tertiary/aromatic N) is 4. The summed E-state index contributed by atoms with van der Waals surface area (Å²) < 4.78 is 6.90. The molecule has 0 radical (unpaired) electrons. The van der Waals surface area contributed by atoms with Gasteiger partial charge >= 0.3 is 0 Å². The summed E-state index contributed by atoms with van der Waals surface area (Å²) in [4.78, 5) is 35.2. The molecule has 0 N–H and O–H groups in total. The van der Waals surface area contributed by atoms with Crippen LogP contribution in [0.3, 0.4) is 0 Å². The van der Waals surface area contributed by atoms with E-state index in [0.717, 1.165) is 24.3 Å². The number of benzene rings is 1. The maximum atomic E-state index is 13.5. The van der Waals surface area contributed by atoms with Crippen molar-refractivity contribution in [3.63, 3.8) is 0 Å². The number of hydrogen-bond donors (Lipinski definition) is 0. The minimum atomic E-state index is -0.328. The molecule has 1 aliphatic rings. The van der Waals surface area contributed by atoms with Gasteiger partial charge in [0.25, 0.3) is 11.5 Å². The van der Waals surface area contributed by atoms with Crippen molar-refractivity contribution < 1.29 is 9.53 Å². The molecule has 3 aromatic rings. The second kappa shape index (κ2) is 9.26. The molecule has 3 heterocycles. The highest BCUT2D eigenvalue weighted by Gasteiger charge is 2.25. The summed E-state index contributed by atoms with van der Waals surface area (Å²) in [5.74, 6) is 0.361. The molecule has 2 aromatic heterocycles. The van der Waals surface area contributed by atoms with E-state index in [1.165, 1.54) is 4.57 Å². The minimum absolute atomic E-state index is 0.214. The van der Waals surface area contributed by atoms with E-state index in [9.17, 15) is 9.59 Å². The zero-order chi connectivity index (χ0) is 22.7. The topological polar surface area (TPSA) is 67.7 Å². The number of hydrogen-bond acceptors (Lipinski definition) is 5. The van der Waals surface area contributed by atoms with Crippen molar-refractivity contribution in [1.29, 1.82) is 0 Å². The number of methoxy groups -OCH3 is 1. The fourth-order valence-electron chi connectivity index (χ4n) is 4.17. The maximum absolute atomic E-state index is 13.5. The predicted octanol–water partition coefficient (Wildman–Crippen LogP) is 3.21. The van der Waals surface area contributed by atoms with E-state index in [1.807, 2.05) is 50.4 Å². The molecule has 1 saturated heterocycles. The normalized spacial score (nSPS) is 14.2. The Morgan fingerprint density at radius 1 is 1.03 bits per heavy atom. The Labute approximate surface area is 187 Å². The maximum Gasteiger partial charge on any atom is 0.268 e. The van der Waals surface area contributed by atoms with E-state index in [1.54, 1.807) is 24.3 Å². The summed E-state index contributed by atoms with van der Waals surface area (Å²) in [6.45, 7) is 6.52. The van der Waals surface area contributed by atoms with E-state index in [4.69, 9.17) is 4.74 Å². The molecular weight excluding hydrogens is 404 g/mol. The molecule has 7 nitrogen and oxygen atoms in total. The van der Waals surface area contributed by atoms with Crippen LogP contribution < -0.4 is 15.2 Å². The van der Waals surface area contributed by atoms with Gasteiger partial charge in [-0.2, -0.15) is 0 Å². The van der Waals surface area contributed by atoms with E-state index in [-0.39, 0.29) is 17.0 Å². The summed E-state index contributed by atoms with van der Waals surface area (Å²) in [6.07, 6.45) is 4.34. The van der Waals surface area contributed by atoms with Gasteiger partial charge in [0.2, 0.25) is 0 Å². The predicted molar refractivity (Wildman–Crippen MR) is 125 cm³/mol. The van der Waals surface area contributed by atoms with E-state index >= 15 is 0 Å². The van der Waals surface area contributed by atoms with E-state index in [2.05, 4.69) is 16.0 Å². The third-order valence-corrected chi connectivity index (χ3v) is 5.89. The van der Waals surface area contributed by atoms with Crippen LogP contribution in [0.15, 0.2) is 59.7 Å². The summed E-state index contributed by atoms with van der Waals surface area (Å²) >= 11 is 0. The summed E-state index contributed by atoms with van der Waals surface area (Å²) in [5, 5.41) is 0. The summed E-state index contributed by atoms with van der Waals surface area (Å²) in [5.41, 5.74) is 3.26. The van der Waals surface area contributed by atoms with Gasteiger partial charge in [0.05, 0.1) is 12.8 Å². The summed E-state index contributed by atoms with van der Waals surface area (Å²) in [6, 6.07) is 13.2. The van der Waals surface area contributed by atoms with Gasteiger partial charge in [0.15, 0.2) is 0 Å². The highest BCUT2D eigenvalue weighted by atomic mass is 16.5. The van der Waals surface area contributed by atoms with Gasteiger partial charge in [-0.3, -0.25) is 19.1 Å². The van der Waals surface area contributed by atoms with Crippen molar-refractivity contribution in [1.82, 2.24) is 14.5 Å². The average molecular weight is 433 g/mol. The lowest BCUT2D eigenvalue weighted by Gasteiger charge is -2.24. The first kappa shape index (κ1) is 21.6. The first-order valence-electron chi connectivity index (χ1n) is 10.8. The number of aromatic nitrogens is 2. The Morgan fingerprint density at radius 3 is 2.62 bits per heavy atom. The standard InChI is InChI=1S/C25H28N4O3/c1-18-10-14-29(21-7-4-5-8-22(21)32-3)25(31)23(18)24(30)28-13-6-12-27(15-16-28)20-9-11-26-19(2)17-20/h4-5,7-11,14,17H,6,12-13,15-16H2,1-3H3. The fourth-order valence-corrected chi connectivity index (χ4v) is 4.17. The van der Waals surface area contributed by atoms with Crippen molar-refractivity contribution in [2.45, 2.75) is 20.3 Å². The highest BCUT2D eigenvalue weighted by molar-refractivity contribution is 5.95. The largest absolute Gasteiger partial charge is 0.495 e. The van der Waals surface area contributed by atoms with Crippen LogP contribution in [0.4, 0.5) is 5.69 Å². The molecule has 1 amide bonds. The van der Waals surface area contributed by atoms with Gasteiger partial charge in [0, 0.05) is 50.0 Å². The van der Waals surface area contributed by atoms with Crippen LogP contribution in [0.1, 0.15) is 28.0 Å². The number of rotatable bonds is 4. The quantitative estimate of drug-likeness (QED) is 0.633. The first-order chi connectivity index (χ1) is 15.5. The number of ether oxygens (including phenoxy) is 1. The molecule has 1 aliphatic heterocycles. The Morgan fingerprint density at radius 2 is 1.84 bits per heavy atom. The molecule has 4 rings (SSSR count). The molecule has 7 heteroatoms. The average Bonchev–Trinajstić information content (AvgIpc) is 3.06. The number of pyridine rings is 2. The monoisotopic (exact) mass is 432 g/mol. The SMILES string of the molecule is COc1ccccc1-n1ccc(C)c(C(=O)N2CCCN(c3ccnc(C)c3)CC2)c1=O. The molecule has 1 aromatic carbocycles. The van der Waals surface area contributed by atoms with E-state index < -0.39 is 0 Å². The zero-order valence-electron chi connectivity index (χ0n) is 18.7. The number of anilines is 1. The molecule has 32 heavy (non-hydrogen) atoms. The lowest BCUT2D eigenvalue weighted by Crippen LogP contribution is -2.39. The van der Waals surface area contributed by atoms with Crippen LogP contribution >= 0.6 is 0 Å². The lowest BCUT2D eigenvalue weighted by molar-refractivity contribution is 0.0764. The van der Waals surface area contributed by atoms with Crippen molar-refractivity contribution in [3.8, 4) is 11.4 Å². The zero-order valence-corrected chi connectivity index (χ0v) is 18.7. The molecule has 0 unspecified atom stereocenters. The molecule has 0 spiro atoms. The van der Waals surface area contributed by atoms with Gasteiger partial charge in [-0.1, -0.05) is 12.1 Å². The van der Waals surface area contributed by atoms with Crippen LogP contribution in [0.2, 0.25) is 0 Å². The van der Waals surface area contributed by atoms with Gasteiger partial charge in [-0.05, 0) is 56.2 Å². The molecule has 0 saturated carbocycles. The lowest BCUT2D eigenvalue weighted by atomic mass is 10.1. The van der Waals surface area contributed by atoms with Crippen molar-refractivity contribution in [2.24, 2.45) is 0 Å². The third kappa shape index (κ3) is 4.23. The Balaban J connectivity index is 1.61. The Bertz CT molecular complexity index is 1190. The van der Waals surface area contributed by atoms with Crippen molar-refractivity contribution >= 4 is 11.6 Å². The van der Waals surface area contributed by atoms with Gasteiger partial charge in [-0.25, -0.2) is 0 Å². The third-order valence-electron chi connectivity index (χ3n) is 5.89. The fraction of sp³-hybridized carbons (Fsp3) is 0.320. The molecule has 0 atom stereocenters. The molecular formula is C25H28N4O3. The van der Waals surface area contributed by atoms with Crippen LogP contribution in [-0.4, -0.2) is 53.6 Å². The van der Waals surface area contributed by atoms with Gasteiger partial charge < -0.3 is 14.5 Å². The van der Waals surface area contributed by atoms with Crippen molar-refractivity contribution in [3.05, 3.63) is 82.0 Å². The highest BCUT2D eigenvalue weighted by Crippen LogP contribution is 2.22. The van der Waals surface area contributed by atoms with Crippen LogP contribution in [0, 0.1) is 13.8 Å². The second-order valence-electron chi connectivity index (χ2n) is 8.01. The first-order valence-corrected chi connectivity index (χ1v) is 10.8. The molecule has 0 aliphatic carbocycles. The number of amides is 1. The second-order valence-corrected chi connectivity index (χ2v) is 8.01. The van der Waals surface area contributed by atoms with Crippen LogP contribution in [0.25, 0.3) is 5.69 Å². The molecule has 166 valence electrons. The van der Waals surface area contributed by atoms with Gasteiger partial charge in [-0.15, -0.1) is 0 Å². The smallest absolute Gasteiger partial charge is 0.268 e. The number of para-hydroxylation sites is 2. The van der Waals surface area contributed by atoms with Crippen LogP contribution in [-0.2, 0) is 0 Å². The Kier molecular flexibility index (Phi) is 6.25. The van der Waals surface area contributed by atoms with Crippen molar-refractivity contribution in [2.75, 3.05) is 38.2 Å². The number of carbonyl (C=O) groups is 1. The molecule has 1 fully saturated rings. The van der Waals surface area contributed by atoms with Crippen LogP contribution in [0.5, 0.6) is 5.75 Å². The number of aryl methyl sites for hydroxylation is 2. The minimum Gasteiger partial charge on any atom is -0.495 e. The number of carbonyl (C=O) groups excluding carboxylic acids is 1. The summed E-state index contributed by atoms with van der Waals surface area (Å²) in [7, 11) is 1.57. The Hall–Kier alpha value is -3.61.